The second-order valence-corrected chi connectivity index (χ2v) is 16.5. The van der Waals surface area contributed by atoms with Gasteiger partial charge >= 0.3 is 24.1 Å². The van der Waals surface area contributed by atoms with Gasteiger partial charge in [0.1, 0.15) is 6.04 Å². The lowest BCUT2D eigenvalue weighted by Crippen LogP contribution is -2.43. The number of rotatable bonds is 15. The van der Waals surface area contributed by atoms with Gasteiger partial charge in [0.2, 0.25) is 5.91 Å². The summed E-state index contributed by atoms with van der Waals surface area (Å²) in [6.07, 6.45) is 5.74. The Bertz CT molecular complexity index is 2800. The van der Waals surface area contributed by atoms with Crippen LogP contribution in [0.3, 0.4) is 0 Å². The Morgan fingerprint density at radius 1 is 0.938 bits per heavy atom. The third-order valence-corrected chi connectivity index (χ3v) is 12.5. The topological polar surface area (TPSA) is 214 Å². The quantitative estimate of drug-likeness (QED) is 0.0947. The number of carbonyl (C=O) groups excluding carboxylic acids is 1. The molecule has 1 aromatic carbocycles. The molecule has 64 heavy (non-hydrogen) atoms. The molecule has 14 nitrogen and oxygen atoms in total. The molecule has 3 aromatic rings. The molecule has 0 unspecified atom stereocenters. The van der Waals surface area contributed by atoms with Crippen molar-refractivity contribution in [3.8, 4) is 0 Å². The first-order valence-electron chi connectivity index (χ1n) is 21.2. The number of hydrogen-bond donors (Lipinski definition) is 6. The number of carboxylic acids is 3. The number of carboxylic acid groups (broad SMARTS) is 3. The van der Waals surface area contributed by atoms with E-state index in [0.717, 1.165) is 28.8 Å². The number of aromatic carboxylic acids is 1. The number of benzene rings is 1. The van der Waals surface area contributed by atoms with E-state index in [9.17, 15) is 47.7 Å². The maximum atomic E-state index is 13.5. The summed E-state index contributed by atoms with van der Waals surface area (Å²) < 4.78 is 43.7. The number of unbranched alkanes of at least 4 members (excludes halogenated alkanes) is 1. The first-order valence-corrected chi connectivity index (χ1v) is 21.2. The number of amides is 1. The van der Waals surface area contributed by atoms with Gasteiger partial charge in [-0.25, -0.2) is 29.5 Å². The van der Waals surface area contributed by atoms with Crippen LogP contribution in [0.25, 0.3) is 36.0 Å². The predicted octanol–water partition coefficient (Wildman–Crippen LogP) is 6.28. The number of carbonyl (C=O) groups is 4. The lowest BCUT2D eigenvalue weighted by molar-refractivity contribution is -0.142. The molecule has 7 rings (SSSR count). The Balaban J connectivity index is 1.49. The normalized spacial score (nSPS) is 21.2. The van der Waals surface area contributed by atoms with Crippen LogP contribution in [-0.4, -0.2) is 72.5 Å². The van der Waals surface area contributed by atoms with Gasteiger partial charge in [0, 0.05) is 35.1 Å². The van der Waals surface area contributed by atoms with Gasteiger partial charge in [-0.05, 0) is 118 Å². The SMILES string of the molecule is CCC1=C(C)/C2=C/c3c(/C=C/c4ccc(C(F)(F)F)cc4)c(C)c4n3Nn3/c(c(C)c(C(=O)O)/c3=C(\CC(=O)O)C3=N/C(=C\4)[C@@H](C)[C@@H]3CCC(=O)N[C@@H](CCCCN)C(=O)O)=C\C1=N2. The average Bonchev–Trinajstić information content (AvgIpc) is 3.88. The summed E-state index contributed by atoms with van der Waals surface area (Å²) in [7, 11) is 0. The molecule has 6 heterocycles. The minimum atomic E-state index is -4.51. The summed E-state index contributed by atoms with van der Waals surface area (Å²) in [5.41, 5.74) is 15.4. The van der Waals surface area contributed by atoms with Crippen LogP contribution in [0.2, 0.25) is 0 Å². The number of nitrogens with two attached hydrogens (primary N) is 1. The summed E-state index contributed by atoms with van der Waals surface area (Å²) in [6, 6.07) is 3.65. The van der Waals surface area contributed by atoms with Gasteiger partial charge in [-0.1, -0.05) is 38.1 Å². The van der Waals surface area contributed by atoms with Crippen LogP contribution in [0.5, 0.6) is 0 Å². The van der Waals surface area contributed by atoms with Crippen molar-refractivity contribution in [2.24, 2.45) is 27.6 Å². The smallest absolute Gasteiger partial charge is 0.416 e. The minimum Gasteiger partial charge on any atom is -0.481 e. The Kier molecular flexibility index (Phi) is 12.6. The molecule has 4 aliphatic heterocycles. The molecule has 17 heteroatoms. The Labute approximate surface area is 366 Å². The monoisotopic (exact) mass is 881 g/mol. The number of hydrogen-bond acceptors (Lipinski definition) is 8. The van der Waals surface area contributed by atoms with Crippen LogP contribution in [0.4, 0.5) is 13.2 Å². The third kappa shape index (κ3) is 8.51. The number of aromatic nitrogens is 2. The van der Waals surface area contributed by atoms with Crippen molar-refractivity contribution >= 4 is 71.2 Å². The summed E-state index contributed by atoms with van der Waals surface area (Å²) in [4.78, 5) is 62.0. The second kappa shape index (κ2) is 17.8. The Morgan fingerprint density at radius 2 is 1.66 bits per heavy atom. The lowest BCUT2D eigenvalue weighted by atomic mass is 9.82. The van der Waals surface area contributed by atoms with E-state index in [1.165, 1.54) is 12.1 Å². The van der Waals surface area contributed by atoms with Crippen LogP contribution >= 0.6 is 0 Å². The summed E-state index contributed by atoms with van der Waals surface area (Å²) in [6.45, 7) is 9.74. The fraction of sp³-hybridized carbons (Fsp3) is 0.362. The van der Waals surface area contributed by atoms with Gasteiger partial charge < -0.3 is 26.4 Å². The molecule has 0 aliphatic carbocycles. The average molecular weight is 882 g/mol. The zero-order valence-corrected chi connectivity index (χ0v) is 36.1. The van der Waals surface area contributed by atoms with E-state index in [-0.39, 0.29) is 35.7 Å². The molecule has 0 fully saturated rings. The summed E-state index contributed by atoms with van der Waals surface area (Å²) in [5.74, 6) is -5.32. The van der Waals surface area contributed by atoms with Crippen molar-refractivity contribution in [1.29, 1.82) is 0 Å². The zero-order chi connectivity index (χ0) is 46.4. The molecule has 1 amide bonds. The highest BCUT2D eigenvalue weighted by Crippen LogP contribution is 2.41. The van der Waals surface area contributed by atoms with E-state index in [1.807, 2.05) is 39.8 Å². The molecule has 6 bridgehead atoms. The largest absolute Gasteiger partial charge is 0.481 e. The first kappa shape index (κ1) is 45.3. The van der Waals surface area contributed by atoms with Crippen molar-refractivity contribution in [1.82, 2.24) is 14.7 Å². The number of aliphatic carboxylic acids is 2. The molecule has 3 atom stereocenters. The maximum Gasteiger partial charge on any atom is 0.416 e. The maximum absolute atomic E-state index is 13.5. The highest BCUT2D eigenvalue weighted by Gasteiger charge is 2.39. The molecule has 2 aromatic heterocycles. The summed E-state index contributed by atoms with van der Waals surface area (Å²) in [5, 5.41) is 34.4. The van der Waals surface area contributed by atoms with E-state index >= 15 is 0 Å². The van der Waals surface area contributed by atoms with Crippen LogP contribution in [0.15, 0.2) is 56.8 Å². The number of allylic oxidation sites excluding steroid dienone is 3. The summed E-state index contributed by atoms with van der Waals surface area (Å²) >= 11 is 0. The molecule has 0 saturated heterocycles. The van der Waals surface area contributed by atoms with Crippen molar-refractivity contribution in [2.75, 3.05) is 12.1 Å². The molecule has 7 N–H and O–H groups in total. The lowest BCUT2D eigenvalue weighted by Gasteiger charge is -2.21. The molecular weight excluding hydrogens is 832 g/mol. The van der Waals surface area contributed by atoms with Gasteiger partial charge in [-0.3, -0.25) is 14.6 Å². The van der Waals surface area contributed by atoms with Crippen LogP contribution in [0.1, 0.15) is 115 Å². The van der Waals surface area contributed by atoms with Gasteiger partial charge in [0.25, 0.3) is 0 Å². The van der Waals surface area contributed by atoms with E-state index in [0.29, 0.717) is 82.1 Å². The molecule has 336 valence electrons. The van der Waals surface area contributed by atoms with Crippen LogP contribution in [0, 0.1) is 25.7 Å². The first-order chi connectivity index (χ1) is 30.3. The van der Waals surface area contributed by atoms with Gasteiger partial charge in [0.05, 0.1) is 56.8 Å². The van der Waals surface area contributed by atoms with E-state index in [2.05, 4.69) is 10.9 Å². The van der Waals surface area contributed by atoms with Crippen molar-refractivity contribution in [3.05, 3.63) is 102 Å². The molecule has 0 radical (unpaired) electrons. The fourth-order valence-electron chi connectivity index (χ4n) is 9.07. The van der Waals surface area contributed by atoms with E-state index in [4.69, 9.17) is 15.7 Å². The standard InChI is InChI=1S/C47H50F3N7O7/c1-6-29-23(2)34-21-39-30(15-12-27-10-13-28(14-11-27)47(48,49)50)25(4)37-20-35-24(3)31(16-17-40(58)53-33(45(61)62)9-7-8-18-51)43(54-35)32(19-41(59)60)44-42(46(63)64)26(5)38(22-36(29)52-34)57(44)55-56(37)39/h10-15,20-22,24,31,33,55H,6-9,16-19,51H2,1-5H3,(H,53,58)(H,59,60)(H,61,62)(H,63,64)/b15-12+,34-21-,35-20-,36-22?,37-20?,38-22-,39-21?,43-32?,44-32-/t24-,31-,33-/m0/s1. The Hall–Kier alpha value is -6.75. The third-order valence-electron chi connectivity index (χ3n) is 12.5. The van der Waals surface area contributed by atoms with Gasteiger partial charge in [-0.2, -0.15) is 13.2 Å². The number of aliphatic imine (C=N–C) groups is 2. The van der Waals surface area contributed by atoms with E-state index < -0.39 is 59.9 Å². The highest BCUT2D eigenvalue weighted by atomic mass is 19.4. The number of alkyl halides is 3. The zero-order valence-electron chi connectivity index (χ0n) is 36.1. The van der Waals surface area contributed by atoms with Crippen LogP contribution in [-0.2, 0) is 20.6 Å². The Morgan fingerprint density at radius 3 is 2.28 bits per heavy atom. The fourth-order valence-corrected chi connectivity index (χ4v) is 9.07. The predicted molar refractivity (Wildman–Crippen MR) is 238 cm³/mol. The minimum absolute atomic E-state index is 0.0419. The number of nitrogens with zero attached hydrogens (tertiary/aromatic N) is 4. The number of halogens is 3. The van der Waals surface area contributed by atoms with Crippen molar-refractivity contribution in [3.63, 3.8) is 0 Å². The van der Waals surface area contributed by atoms with Crippen molar-refractivity contribution in [2.45, 2.75) is 91.8 Å². The number of fused-ring (bicyclic) bond motifs is 2. The number of nitrogens with one attached hydrogen (secondary N) is 2. The van der Waals surface area contributed by atoms with Gasteiger partial charge in [-0.15, -0.1) is 0 Å². The second-order valence-electron chi connectivity index (χ2n) is 16.5. The van der Waals surface area contributed by atoms with Crippen molar-refractivity contribution < 1.29 is 47.7 Å². The van der Waals surface area contributed by atoms with Crippen LogP contribution < -0.4 is 27.3 Å². The van der Waals surface area contributed by atoms with Gasteiger partial charge in [0.15, 0.2) is 0 Å². The molecule has 0 spiro atoms. The molecular formula is C47H50F3N7O7. The highest BCUT2D eigenvalue weighted by molar-refractivity contribution is 6.25. The molecule has 4 aliphatic rings. The van der Waals surface area contributed by atoms with E-state index in [1.54, 1.807) is 34.5 Å². The molecule has 0 saturated carbocycles.